The number of piperidine rings is 1. The molecule has 1 N–H and O–H groups in total. The molecule has 0 aliphatic carbocycles. The van der Waals surface area contributed by atoms with Gasteiger partial charge >= 0.3 is 0 Å². The molecule has 5 rings (SSSR count). The van der Waals surface area contributed by atoms with Crippen LogP contribution in [0.15, 0.2) is 36.7 Å². The van der Waals surface area contributed by atoms with Gasteiger partial charge in [0.1, 0.15) is 12.0 Å². The van der Waals surface area contributed by atoms with Crippen LogP contribution in [0.1, 0.15) is 78.4 Å². The largest absolute Gasteiger partial charge is 0.379 e. The monoisotopic (exact) mass is 522 g/mol. The molecule has 3 aliphatic heterocycles. The van der Waals surface area contributed by atoms with Gasteiger partial charge in [0.25, 0.3) is 5.91 Å². The maximum atomic E-state index is 13.4. The molecular formula is C30H42N4O4. The molecule has 4 atom stereocenters. The van der Waals surface area contributed by atoms with Gasteiger partial charge in [-0.1, -0.05) is 30.3 Å². The second kappa shape index (κ2) is 13.1. The van der Waals surface area contributed by atoms with E-state index in [2.05, 4.69) is 39.6 Å². The van der Waals surface area contributed by atoms with E-state index in [9.17, 15) is 4.79 Å². The molecule has 0 radical (unpaired) electrons. The Morgan fingerprint density at radius 3 is 2.71 bits per heavy atom. The van der Waals surface area contributed by atoms with Crippen molar-refractivity contribution in [3.8, 4) is 0 Å². The third-order valence-electron chi connectivity index (χ3n) is 8.45. The van der Waals surface area contributed by atoms with Crippen LogP contribution in [-0.4, -0.2) is 78.5 Å². The smallest absolute Gasteiger partial charge is 0.272 e. The number of nitrogens with zero attached hydrogens (tertiary/aromatic N) is 3. The summed E-state index contributed by atoms with van der Waals surface area (Å²) in [6.45, 7) is 4.85. The van der Waals surface area contributed by atoms with Crippen LogP contribution in [0.25, 0.3) is 0 Å². The number of hydrogen-bond acceptors (Lipinski definition) is 7. The number of nitrogens with one attached hydrogen (secondary N) is 1. The Bertz CT molecular complexity index is 1040. The van der Waals surface area contributed by atoms with Crippen molar-refractivity contribution in [1.82, 2.24) is 20.2 Å². The average molecular weight is 523 g/mol. The minimum absolute atomic E-state index is 0.0171. The standard InChI is InChI=1S/C30H42N4O4/c1-21-25(12-11-24-9-6-10-27(38-24)22-7-4-3-5-8-22)31-20-32-29(21)30(35)34-16-13-23(14-17-34)33-26-15-18-37-19-28(26)36-2/h3-5,7-8,20,23-24,26-28,33H,6,9-19H2,1-2H3/t24-,26-,27+,28+/m1/s1. The number of amides is 1. The molecule has 206 valence electrons. The van der Waals surface area contributed by atoms with Crippen LogP contribution < -0.4 is 5.32 Å². The van der Waals surface area contributed by atoms with Crippen molar-refractivity contribution in [3.05, 3.63) is 59.2 Å². The summed E-state index contributed by atoms with van der Waals surface area (Å²) in [5, 5.41) is 3.76. The average Bonchev–Trinajstić information content (AvgIpc) is 2.97. The Hall–Kier alpha value is -2.39. The first-order valence-electron chi connectivity index (χ1n) is 14.3. The van der Waals surface area contributed by atoms with E-state index in [1.165, 1.54) is 12.0 Å². The second-order valence-corrected chi connectivity index (χ2v) is 10.9. The summed E-state index contributed by atoms with van der Waals surface area (Å²) >= 11 is 0. The van der Waals surface area contributed by atoms with Gasteiger partial charge in [0.2, 0.25) is 0 Å². The van der Waals surface area contributed by atoms with Crippen LogP contribution in [-0.2, 0) is 20.6 Å². The molecule has 1 aromatic heterocycles. The van der Waals surface area contributed by atoms with Crippen LogP contribution in [0, 0.1) is 6.92 Å². The molecular weight excluding hydrogens is 480 g/mol. The van der Waals surface area contributed by atoms with Crippen molar-refractivity contribution < 1.29 is 19.0 Å². The minimum atomic E-state index is 0.0171. The summed E-state index contributed by atoms with van der Waals surface area (Å²) in [5.74, 6) is 0.0171. The molecule has 0 unspecified atom stereocenters. The number of rotatable bonds is 8. The molecule has 0 spiro atoms. The third-order valence-corrected chi connectivity index (χ3v) is 8.45. The van der Waals surface area contributed by atoms with Crippen molar-refractivity contribution in [2.75, 3.05) is 33.4 Å². The van der Waals surface area contributed by atoms with Crippen molar-refractivity contribution >= 4 is 5.91 Å². The first-order valence-corrected chi connectivity index (χ1v) is 14.3. The number of carbonyl (C=O) groups is 1. The number of benzene rings is 1. The van der Waals surface area contributed by atoms with Crippen molar-refractivity contribution in [1.29, 1.82) is 0 Å². The Morgan fingerprint density at radius 1 is 1.11 bits per heavy atom. The Labute approximate surface area is 226 Å². The molecule has 3 saturated heterocycles. The van der Waals surface area contributed by atoms with Gasteiger partial charge in [-0.15, -0.1) is 0 Å². The number of ether oxygens (including phenoxy) is 3. The van der Waals surface area contributed by atoms with Gasteiger partial charge in [0.05, 0.1) is 24.9 Å². The molecule has 0 bridgehead atoms. The fraction of sp³-hybridized carbons (Fsp3) is 0.633. The van der Waals surface area contributed by atoms with E-state index in [1.807, 2.05) is 17.9 Å². The summed E-state index contributed by atoms with van der Waals surface area (Å²) in [6, 6.07) is 11.2. The summed E-state index contributed by atoms with van der Waals surface area (Å²) in [7, 11) is 1.75. The fourth-order valence-electron chi connectivity index (χ4n) is 6.11. The van der Waals surface area contributed by atoms with Crippen LogP contribution in [0.3, 0.4) is 0 Å². The lowest BCUT2D eigenvalue weighted by molar-refractivity contribution is -0.0547. The molecule has 1 aromatic carbocycles. The van der Waals surface area contributed by atoms with Crippen LogP contribution in [0.2, 0.25) is 0 Å². The van der Waals surface area contributed by atoms with E-state index >= 15 is 0 Å². The molecule has 8 nitrogen and oxygen atoms in total. The Morgan fingerprint density at radius 2 is 1.92 bits per heavy atom. The van der Waals surface area contributed by atoms with Gasteiger partial charge in [-0.2, -0.15) is 0 Å². The zero-order valence-electron chi connectivity index (χ0n) is 22.8. The predicted molar refractivity (Wildman–Crippen MR) is 145 cm³/mol. The molecule has 3 aliphatic rings. The highest BCUT2D eigenvalue weighted by Crippen LogP contribution is 2.33. The summed E-state index contributed by atoms with van der Waals surface area (Å²) in [5.41, 5.74) is 3.65. The maximum Gasteiger partial charge on any atom is 0.272 e. The van der Waals surface area contributed by atoms with E-state index in [0.29, 0.717) is 24.4 Å². The van der Waals surface area contributed by atoms with E-state index in [1.54, 1.807) is 13.4 Å². The van der Waals surface area contributed by atoms with Gasteiger partial charge < -0.3 is 24.4 Å². The minimum Gasteiger partial charge on any atom is -0.379 e. The highest BCUT2D eigenvalue weighted by molar-refractivity contribution is 5.93. The van der Waals surface area contributed by atoms with E-state index in [0.717, 1.165) is 75.9 Å². The van der Waals surface area contributed by atoms with Gasteiger partial charge in [-0.25, -0.2) is 9.97 Å². The lowest BCUT2D eigenvalue weighted by Crippen LogP contribution is -2.54. The third kappa shape index (κ3) is 6.60. The molecule has 4 heterocycles. The number of aryl methyl sites for hydroxylation is 1. The lowest BCUT2D eigenvalue weighted by Gasteiger charge is -2.38. The van der Waals surface area contributed by atoms with E-state index in [4.69, 9.17) is 14.2 Å². The summed E-state index contributed by atoms with van der Waals surface area (Å²) < 4.78 is 17.6. The van der Waals surface area contributed by atoms with Crippen molar-refractivity contribution in [3.63, 3.8) is 0 Å². The zero-order valence-corrected chi connectivity index (χ0v) is 22.8. The number of methoxy groups -OCH3 is 1. The highest BCUT2D eigenvalue weighted by atomic mass is 16.5. The molecule has 8 heteroatoms. The van der Waals surface area contributed by atoms with Gasteiger partial charge in [-0.05, 0) is 63.9 Å². The maximum absolute atomic E-state index is 13.4. The van der Waals surface area contributed by atoms with Crippen molar-refractivity contribution in [2.45, 2.75) is 88.7 Å². The Kier molecular flexibility index (Phi) is 9.38. The van der Waals surface area contributed by atoms with Crippen LogP contribution in [0.5, 0.6) is 0 Å². The van der Waals surface area contributed by atoms with E-state index < -0.39 is 0 Å². The normalized spacial score (nSPS) is 26.8. The summed E-state index contributed by atoms with van der Waals surface area (Å²) in [6.07, 6.45) is 9.84. The number of carbonyl (C=O) groups excluding carboxylic acids is 1. The lowest BCUT2D eigenvalue weighted by atomic mass is 9.95. The summed E-state index contributed by atoms with van der Waals surface area (Å²) in [4.78, 5) is 24.3. The van der Waals surface area contributed by atoms with Crippen LogP contribution in [0.4, 0.5) is 0 Å². The second-order valence-electron chi connectivity index (χ2n) is 10.9. The fourth-order valence-corrected chi connectivity index (χ4v) is 6.11. The first-order chi connectivity index (χ1) is 18.6. The van der Waals surface area contributed by atoms with E-state index in [-0.39, 0.29) is 24.2 Å². The molecule has 38 heavy (non-hydrogen) atoms. The predicted octanol–water partition coefficient (Wildman–Crippen LogP) is 4.03. The topological polar surface area (TPSA) is 85.8 Å². The highest BCUT2D eigenvalue weighted by Gasteiger charge is 2.31. The number of hydrogen-bond donors (Lipinski definition) is 1. The number of likely N-dealkylation sites (tertiary alicyclic amines) is 1. The molecule has 1 amide bonds. The molecule has 3 fully saturated rings. The number of aromatic nitrogens is 2. The van der Waals surface area contributed by atoms with Gasteiger partial charge in [-0.3, -0.25) is 4.79 Å². The first kappa shape index (κ1) is 27.2. The van der Waals surface area contributed by atoms with Gasteiger partial charge in [0.15, 0.2) is 0 Å². The SMILES string of the molecule is CO[C@H]1COCC[C@H]1NC1CCN(C(=O)c2ncnc(CC[C@H]3CCC[C@@H](c4ccccc4)O3)c2C)CC1. The van der Waals surface area contributed by atoms with Gasteiger partial charge in [0, 0.05) is 50.1 Å². The Balaban J connectivity index is 1.13. The van der Waals surface area contributed by atoms with Crippen molar-refractivity contribution in [2.24, 2.45) is 0 Å². The quantitative estimate of drug-likeness (QED) is 0.560. The zero-order chi connectivity index (χ0) is 26.3. The molecule has 2 aromatic rings. The van der Waals surface area contributed by atoms with Crippen LogP contribution >= 0.6 is 0 Å². The molecule has 0 saturated carbocycles.